The molecule has 1 aromatic carbocycles. The van der Waals surface area contributed by atoms with Crippen LogP contribution in [0, 0.1) is 5.92 Å². The van der Waals surface area contributed by atoms with Crippen molar-refractivity contribution in [2.75, 3.05) is 18.6 Å². The summed E-state index contributed by atoms with van der Waals surface area (Å²) in [5.74, 6) is 2.91. The van der Waals surface area contributed by atoms with Crippen LogP contribution in [0.4, 0.5) is 0 Å². The van der Waals surface area contributed by atoms with Gasteiger partial charge >= 0.3 is 0 Å². The minimum absolute atomic E-state index is 0.704. The predicted octanol–water partition coefficient (Wildman–Crippen LogP) is 3.52. The second kappa shape index (κ2) is 6.46. The van der Waals surface area contributed by atoms with Crippen molar-refractivity contribution in [1.82, 2.24) is 5.32 Å². The molecule has 0 amide bonds. The SMILES string of the molecule is CCCNC(CSC)C1CC1c1ccccc1. The van der Waals surface area contributed by atoms with Gasteiger partial charge in [0.15, 0.2) is 0 Å². The molecular weight excluding hydrogens is 226 g/mol. The fourth-order valence-corrected chi connectivity index (χ4v) is 3.31. The highest BCUT2D eigenvalue weighted by Crippen LogP contribution is 2.49. The monoisotopic (exact) mass is 249 g/mol. The molecule has 1 fully saturated rings. The summed E-state index contributed by atoms with van der Waals surface area (Å²) in [6.07, 6.45) is 4.81. The number of nitrogens with one attached hydrogen (secondary N) is 1. The van der Waals surface area contributed by atoms with Crippen LogP contribution in [0.1, 0.15) is 31.2 Å². The molecule has 1 nitrogen and oxygen atoms in total. The Balaban J connectivity index is 1.90. The van der Waals surface area contributed by atoms with Crippen molar-refractivity contribution in [2.45, 2.75) is 31.7 Å². The van der Waals surface area contributed by atoms with E-state index in [2.05, 4.69) is 48.8 Å². The van der Waals surface area contributed by atoms with Gasteiger partial charge in [-0.2, -0.15) is 11.8 Å². The Labute approximate surface area is 109 Å². The van der Waals surface area contributed by atoms with Crippen molar-refractivity contribution in [3.8, 4) is 0 Å². The Morgan fingerprint density at radius 1 is 1.35 bits per heavy atom. The molecule has 0 radical (unpaired) electrons. The summed E-state index contributed by atoms with van der Waals surface area (Å²) >= 11 is 1.96. The van der Waals surface area contributed by atoms with E-state index >= 15 is 0 Å². The molecular formula is C15H23NS. The van der Waals surface area contributed by atoms with Crippen molar-refractivity contribution in [1.29, 1.82) is 0 Å². The van der Waals surface area contributed by atoms with Gasteiger partial charge in [-0.25, -0.2) is 0 Å². The average molecular weight is 249 g/mol. The minimum atomic E-state index is 0.704. The van der Waals surface area contributed by atoms with E-state index in [-0.39, 0.29) is 0 Å². The summed E-state index contributed by atoms with van der Waals surface area (Å²) in [6, 6.07) is 11.7. The quantitative estimate of drug-likeness (QED) is 0.793. The lowest BCUT2D eigenvalue weighted by Crippen LogP contribution is -2.34. The Morgan fingerprint density at radius 3 is 2.76 bits per heavy atom. The van der Waals surface area contributed by atoms with Gasteiger partial charge in [-0.05, 0) is 43.0 Å². The Kier molecular flexibility index (Phi) is 4.93. The van der Waals surface area contributed by atoms with Crippen molar-refractivity contribution in [3.63, 3.8) is 0 Å². The summed E-state index contributed by atoms with van der Waals surface area (Å²) in [5.41, 5.74) is 1.53. The van der Waals surface area contributed by atoms with Crippen LogP contribution in [0.5, 0.6) is 0 Å². The topological polar surface area (TPSA) is 12.0 Å². The van der Waals surface area contributed by atoms with Crippen molar-refractivity contribution >= 4 is 11.8 Å². The molecule has 3 atom stereocenters. The maximum Gasteiger partial charge on any atom is 0.0192 e. The van der Waals surface area contributed by atoms with Gasteiger partial charge in [0.1, 0.15) is 0 Å². The Hall–Kier alpha value is -0.470. The smallest absolute Gasteiger partial charge is 0.0192 e. The second-order valence-electron chi connectivity index (χ2n) is 4.93. The molecule has 1 aliphatic carbocycles. The number of thioether (sulfide) groups is 1. The van der Waals surface area contributed by atoms with Crippen molar-refractivity contribution < 1.29 is 0 Å². The zero-order valence-electron chi connectivity index (χ0n) is 10.9. The summed E-state index contributed by atoms with van der Waals surface area (Å²) in [7, 11) is 0. The molecule has 2 rings (SSSR count). The number of rotatable bonds is 7. The number of benzene rings is 1. The molecule has 1 N–H and O–H groups in total. The third-order valence-corrected chi connectivity index (χ3v) is 4.28. The summed E-state index contributed by atoms with van der Waals surface area (Å²) in [6.45, 7) is 3.40. The lowest BCUT2D eigenvalue weighted by Gasteiger charge is -2.17. The molecule has 0 heterocycles. The van der Waals surface area contributed by atoms with Gasteiger partial charge < -0.3 is 5.32 Å². The fraction of sp³-hybridized carbons (Fsp3) is 0.600. The first-order valence-corrected chi connectivity index (χ1v) is 8.03. The maximum atomic E-state index is 3.71. The lowest BCUT2D eigenvalue weighted by atomic mass is 10.1. The van der Waals surface area contributed by atoms with Crippen molar-refractivity contribution in [2.24, 2.45) is 5.92 Å². The van der Waals surface area contributed by atoms with Gasteiger partial charge in [0.25, 0.3) is 0 Å². The van der Waals surface area contributed by atoms with Gasteiger partial charge in [-0.15, -0.1) is 0 Å². The van der Waals surface area contributed by atoms with E-state index in [9.17, 15) is 0 Å². The third kappa shape index (κ3) is 3.49. The van der Waals surface area contributed by atoms with Crippen LogP contribution in [0.25, 0.3) is 0 Å². The fourth-order valence-electron chi connectivity index (χ4n) is 2.59. The van der Waals surface area contributed by atoms with Crippen LogP contribution < -0.4 is 5.32 Å². The number of hydrogen-bond acceptors (Lipinski definition) is 2. The molecule has 3 unspecified atom stereocenters. The largest absolute Gasteiger partial charge is 0.313 e. The molecule has 1 saturated carbocycles. The zero-order valence-corrected chi connectivity index (χ0v) is 11.7. The van der Waals surface area contributed by atoms with Gasteiger partial charge in [0.2, 0.25) is 0 Å². The Morgan fingerprint density at radius 2 is 2.12 bits per heavy atom. The highest BCUT2D eigenvalue weighted by Gasteiger charge is 2.43. The molecule has 0 spiro atoms. The van der Waals surface area contributed by atoms with Crippen LogP contribution in [0.3, 0.4) is 0 Å². The highest BCUT2D eigenvalue weighted by atomic mass is 32.2. The first-order chi connectivity index (χ1) is 8.36. The summed E-state index contributed by atoms with van der Waals surface area (Å²) in [5, 5.41) is 3.71. The Bertz CT molecular complexity index is 325. The molecule has 2 heteroatoms. The van der Waals surface area contributed by atoms with E-state index in [1.54, 1.807) is 0 Å². The average Bonchev–Trinajstić information content (AvgIpc) is 3.16. The van der Waals surface area contributed by atoms with Gasteiger partial charge in [0, 0.05) is 11.8 Å². The predicted molar refractivity (Wildman–Crippen MR) is 77.8 cm³/mol. The van der Waals surface area contributed by atoms with E-state index in [0.717, 1.165) is 18.4 Å². The first kappa shape index (κ1) is 13.0. The van der Waals surface area contributed by atoms with Crippen molar-refractivity contribution in [3.05, 3.63) is 35.9 Å². The van der Waals surface area contributed by atoms with Crippen LogP contribution >= 0.6 is 11.8 Å². The first-order valence-electron chi connectivity index (χ1n) is 6.64. The molecule has 17 heavy (non-hydrogen) atoms. The molecule has 0 aliphatic heterocycles. The molecule has 0 bridgehead atoms. The molecule has 0 aromatic heterocycles. The van der Waals surface area contributed by atoms with Gasteiger partial charge in [-0.1, -0.05) is 37.3 Å². The molecule has 94 valence electrons. The van der Waals surface area contributed by atoms with Gasteiger partial charge in [0.05, 0.1) is 0 Å². The van der Waals surface area contributed by atoms with Gasteiger partial charge in [-0.3, -0.25) is 0 Å². The van der Waals surface area contributed by atoms with Crippen LogP contribution in [-0.2, 0) is 0 Å². The molecule has 0 saturated heterocycles. The standard InChI is InChI=1S/C15H23NS/c1-3-9-16-15(11-17-2)14-10-13(14)12-7-5-4-6-8-12/h4-8,13-16H,3,9-11H2,1-2H3. The number of hydrogen-bond donors (Lipinski definition) is 1. The maximum absolute atomic E-state index is 3.71. The minimum Gasteiger partial charge on any atom is -0.313 e. The van der Waals surface area contributed by atoms with Crippen LogP contribution in [0.15, 0.2) is 30.3 Å². The van der Waals surface area contributed by atoms with Crippen LogP contribution in [-0.4, -0.2) is 24.6 Å². The third-order valence-electron chi connectivity index (χ3n) is 3.59. The molecule has 1 aromatic rings. The zero-order chi connectivity index (χ0) is 12.1. The van der Waals surface area contributed by atoms with E-state index in [4.69, 9.17) is 0 Å². The second-order valence-corrected chi connectivity index (χ2v) is 5.84. The van der Waals surface area contributed by atoms with Crippen LogP contribution in [0.2, 0.25) is 0 Å². The van der Waals surface area contributed by atoms with E-state index < -0.39 is 0 Å². The summed E-state index contributed by atoms with van der Waals surface area (Å²) in [4.78, 5) is 0. The molecule has 1 aliphatic rings. The highest BCUT2D eigenvalue weighted by molar-refractivity contribution is 7.98. The lowest BCUT2D eigenvalue weighted by molar-refractivity contribution is 0.495. The van der Waals surface area contributed by atoms with E-state index in [1.807, 2.05) is 11.8 Å². The van der Waals surface area contributed by atoms with E-state index in [0.29, 0.717) is 6.04 Å². The van der Waals surface area contributed by atoms with E-state index in [1.165, 1.54) is 24.2 Å². The normalized spacial score (nSPS) is 24.6. The summed E-state index contributed by atoms with van der Waals surface area (Å²) < 4.78 is 0.